The average molecular weight is 342 g/mol. The minimum atomic E-state index is -0.740. The Morgan fingerprint density at radius 1 is 1.16 bits per heavy atom. The second kappa shape index (κ2) is 8.25. The van der Waals surface area contributed by atoms with Gasteiger partial charge in [-0.15, -0.1) is 10.2 Å². The normalized spacial score (nSPS) is 17.0. The number of para-hydroxylation sites is 1. The van der Waals surface area contributed by atoms with E-state index in [0.717, 1.165) is 37.2 Å². The van der Waals surface area contributed by atoms with Crippen LogP contribution in [0.5, 0.6) is 0 Å². The summed E-state index contributed by atoms with van der Waals surface area (Å²) in [6, 6.07) is 9.83. The molecule has 0 aliphatic heterocycles. The van der Waals surface area contributed by atoms with Gasteiger partial charge < -0.3 is 10.4 Å². The Hall–Kier alpha value is -2.21. The minimum absolute atomic E-state index is 0.0553. The lowest BCUT2D eigenvalue weighted by molar-refractivity contribution is -0.122. The number of aliphatic hydroxyl groups is 1. The van der Waals surface area contributed by atoms with Crippen molar-refractivity contribution in [2.45, 2.75) is 57.0 Å². The smallest absolute Gasteiger partial charge is 0.220 e. The maximum atomic E-state index is 12.2. The largest absolute Gasteiger partial charge is 0.388 e. The highest BCUT2D eigenvalue weighted by atomic mass is 16.3. The van der Waals surface area contributed by atoms with E-state index >= 15 is 0 Å². The van der Waals surface area contributed by atoms with E-state index in [2.05, 4.69) is 15.5 Å². The van der Waals surface area contributed by atoms with E-state index < -0.39 is 5.60 Å². The summed E-state index contributed by atoms with van der Waals surface area (Å²) >= 11 is 0. The Morgan fingerprint density at radius 2 is 1.88 bits per heavy atom. The summed E-state index contributed by atoms with van der Waals surface area (Å²) in [5.74, 6) is 0.704. The number of nitrogens with zero attached hydrogens (tertiary/aromatic N) is 3. The predicted molar refractivity (Wildman–Crippen MR) is 95.3 cm³/mol. The van der Waals surface area contributed by atoms with Crippen molar-refractivity contribution in [1.82, 2.24) is 20.1 Å². The molecule has 1 aliphatic carbocycles. The molecule has 1 saturated carbocycles. The second-order valence-electron chi connectivity index (χ2n) is 6.87. The Morgan fingerprint density at radius 3 is 2.60 bits per heavy atom. The predicted octanol–water partition coefficient (Wildman–Crippen LogP) is 2.40. The Balaban J connectivity index is 1.51. The van der Waals surface area contributed by atoms with Crippen molar-refractivity contribution < 1.29 is 9.90 Å². The lowest BCUT2D eigenvalue weighted by Crippen LogP contribution is -2.42. The van der Waals surface area contributed by atoms with Crippen molar-refractivity contribution in [1.29, 1.82) is 0 Å². The van der Waals surface area contributed by atoms with Gasteiger partial charge in [0, 0.05) is 25.1 Å². The molecule has 0 bridgehead atoms. The molecule has 1 aromatic heterocycles. The van der Waals surface area contributed by atoms with Gasteiger partial charge in [-0.1, -0.05) is 43.9 Å². The van der Waals surface area contributed by atoms with Gasteiger partial charge in [-0.05, 0) is 25.0 Å². The van der Waals surface area contributed by atoms with E-state index in [4.69, 9.17) is 0 Å². The minimum Gasteiger partial charge on any atom is -0.388 e. The van der Waals surface area contributed by atoms with Crippen LogP contribution in [0.3, 0.4) is 0 Å². The maximum Gasteiger partial charge on any atom is 0.220 e. The summed E-state index contributed by atoms with van der Waals surface area (Å²) in [5.41, 5.74) is 0.242. The number of amides is 1. The van der Waals surface area contributed by atoms with Gasteiger partial charge >= 0.3 is 0 Å². The molecule has 6 heteroatoms. The SMILES string of the molecule is O=C(CCc1nncn1-c1ccccc1)NCC1(O)CCCCCC1. The maximum absolute atomic E-state index is 12.2. The average Bonchev–Trinajstić information content (AvgIpc) is 3.00. The number of aromatic nitrogens is 3. The first-order valence-corrected chi connectivity index (χ1v) is 9.10. The molecule has 3 rings (SSSR count). The van der Waals surface area contributed by atoms with Crippen LogP contribution in [0.2, 0.25) is 0 Å². The van der Waals surface area contributed by atoms with Gasteiger partial charge in [0.1, 0.15) is 12.2 Å². The number of carbonyl (C=O) groups excluding carboxylic acids is 1. The number of aryl methyl sites for hydroxylation is 1. The molecule has 1 fully saturated rings. The van der Waals surface area contributed by atoms with E-state index in [-0.39, 0.29) is 5.91 Å². The zero-order valence-corrected chi connectivity index (χ0v) is 14.5. The highest BCUT2D eigenvalue weighted by Gasteiger charge is 2.28. The molecule has 1 heterocycles. The van der Waals surface area contributed by atoms with E-state index in [1.165, 1.54) is 12.8 Å². The summed E-state index contributed by atoms with van der Waals surface area (Å²) in [6.45, 7) is 0.344. The first-order chi connectivity index (χ1) is 12.2. The summed E-state index contributed by atoms with van der Waals surface area (Å²) in [5, 5.41) is 21.6. The van der Waals surface area contributed by atoms with Gasteiger partial charge in [0.15, 0.2) is 0 Å². The Labute approximate surface area is 148 Å². The van der Waals surface area contributed by atoms with Crippen LogP contribution in [0.4, 0.5) is 0 Å². The molecule has 0 spiro atoms. The van der Waals surface area contributed by atoms with E-state index in [9.17, 15) is 9.90 Å². The lowest BCUT2D eigenvalue weighted by atomic mass is 9.94. The molecular formula is C19H26N4O2. The molecule has 1 amide bonds. The third kappa shape index (κ3) is 4.89. The molecule has 2 aromatic rings. The highest BCUT2D eigenvalue weighted by molar-refractivity contribution is 5.76. The van der Waals surface area contributed by atoms with Crippen molar-refractivity contribution in [3.63, 3.8) is 0 Å². The molecule has 2 N–H and O–H groups in total. The van der Waals surface area contributed by atoms with Gasteiger partial charge in [-0.2, -0.15) is 0 Å². The van der Waals surface area contributed by atoms with Gasteiger partial charge in [-0.3, -0.25) is 9.36 Å². The molecule has 6 nitrogen and oxygen atoms in total. The molecule has 0 saturated heterocycles. The third-order valence-electron chi connectivity index (χ3n) is 4.88. The first kappa shape index (κ1) is 17.6. The fraction of sp³-hybridized carbons (Fsp3) is 0.526. The fourth-order valence-corrected chi connectivity index (χ4v) is 3.37. The quantitative estimate of drug-likeness (QED) is 0.790. The summed E-state index contributed by atoms with van der Waals surface area (Å²) < 4.78 is 1.89. The molecule has 1 aromatic carbocycles. The lowest BCUT2D eigenvalue weighted by Gasteiger charge is -2.26. The van der Waals surface area contributed by atoms with Crippen molar-refractivity contribution in [3.05, 3.63) is 42.5 Å². The number of nitrogens with one attached hydrogen (secondary N) is 1. The van der Waals surface area contributed by atoms with Crippen molar-refractivity contribution in [2.75, 3.05) is 6.54 Å². The van der Waals surface area contributed by atoms with Crippen LogP contribution in [0.25, 0.3) is 5.69 Å². The van der Waals surface area contributed by atoms with Gasteiger partial charge in [0.05, 0.1) is 5.60 Å². The van der Waals surface area contributed by atoms with E-state index in [1.54, 1.807) is 6.33 Å². The van der Waals surface area contributed by atoms with E-state index in [0.29, 0.717) is 19.4 Å². The Kier molecular flexibility index (Phi) is 5.81. The van der Waals surface area contributed by atoms with Crippen LogP contribution in [0, 0.1) is 0 Å². The topological polar surface area (TPSA) is 80.0 Å². The molecule has 0 unspecified atom stereocenters. The zero-order chi connectivity index (χ0) is 17.5. The summed E-state index contributed by atoms with van der Waals surface area (Å²) in [4.78, 5) is 12.2. The van der Waals surface area contributed by atoms with Crippen LogP contribution in [-0.2, 0) is 11.2 Å². The standard InChI is InChI=1S/C19H26N4O2/c24-18(20-14-19(25)12-6-1-2-7-13-19)11-10-17-22-21-15-23(17)16-8-4-3-5-9-16/h3-5,8-9,15,25H,1-2,6-7,10-14H2,(H,20,24). The molecule has 0 radical (unpaired) electrons. The first-order valence-electron chi connectivity index (χ1n) is 9.10. The molecule has 134 valence electrons. The monoisotopic (exact) mass is 342 g/mol. The van der Waals surface area contributed by atoms with Crippen molar-refractivity contribution >= 4 is 5.91 Å². The number of carbonyl (C=O) groups is 1. The van der Waals surface area contributed by atoms with Crippen LogP contribution >= 0.6 is 0 Å². The number of hydrogen-bond donors (Lipinski definition) is 2. The van der Waals surface area contributed by atoms with Gasteiger partial charge in [0.25, 0.3) is 0 Å². The molecule has 25 heavy (non-hydrogen) atoms. The molecule has 0 atom stereocenters. The van der Waals surface area contributed by atoms with Crippen LogP contribution in [0.1, 0.15) is 50.8 Å². The van der Waals surface area contributed by atoms with Crippen molar-refractivity contribution in [2.24, 2.45) is 0 Å². The summed E-state index contributed by atoms with van der Waals surface area (Å²) in [7, 11) is 0. The molecule has 1 aliphatic rings. The zero-order valence-electron chi connectivity index (χ0n) is 14.5. The van der Waals surface area contributed by atoms with Gasteiger partial charge in [0.2, 0.25) is 5.91 Å². The van der Waals surface area contributed by atoms with E-state index in [1.807, 2.05) is 34.9 Å². The third-order valence-corrected chi connectivity index (χ3v) is 4.88. The number of benzene rings is 1. The van der Waals surface area contributed by atoms with Gasteiger partial charge in [-0.25, -0.2) is 0 Å². The van der Waals surface area contributed by atoms with Crippen LogP contribution < -0.4 is 5.32 Å². The highest BCUT2D eigenvalue weighted by Crippen LogP contribution is 2.26. The van der Waals surface area contributed by atoms with Crippen LogP contribution in [0.15, 0.2) is 36.7 Å². The summed E-state index contributed by atoms with van der Waals surface area (Å²) in [6.07, 6.45) is 8.47. The second-order valence-corrected chi connectivity index (χ2v) is 6.87. The number of hydrogen-bond acceptors (Lipinski definition) is 4. The molecular weight excluding hydrogens is 316 g/mol. The van der Waals surface area contributed by atoms with Crippen LogP contribution in [-0.4, -0.2) is 37.9 Å². The number of rotatable bonds is 6. The Bertz CT molecular complexity index is 676. The fourth-order valence-electron chi connectivity index (χ4n) is 3.37. The van der Waals surface area contributed by atoms with Crippen molar-refractivity contribution in [3.8, 4) is 5.69 Å².